The van der Waals surface area contributed by atoms with Gasteiger partial charge in [-0.15, -0.1) is 0 Å². The van der Waals surface area contributed by atoms with Crippen molar-refractivity contribution in [2.75, 3.05) is 31.7 Å². The first-order valence-corrected chi connectivity index (χ1v) is 8.14. The number of nitrogens with zero attached hydrogens (tertiary/aromatic N) is 5. The van der Waals surface area contributed by atoms with Crippen molar-refractivity contribution in [3.05, 3.63) is 35.9 Å². The standard InChI is InChI=1S/C16H21FN6O2/c1-11-15-21-13(7-14(24)18-3-6-25-2)10-22(15)4-5-23(11)16-19-8-12(17)9-20-16/h8-11H,3-7H2,1-2H3,(H,18,24). The van der Waals surface area contributed by atoms with Crippen LogP contribution >= 0.6 is 0 Å². The molecule has 3 rings (SSSR count). The van der Waals surface area contributed by atoms with Crippen molar-refractivity contribution in [1.82, 2.24) is 24.8 Å². The van der Waals surface area contributed by atoms with Gasteiger partial charge in [0, 0.05) is 32.9 Å². The predicted molar refractivity (Wildman–Crippen MR) is 88.6 cm³/mol. The molecule has 1 amide bonds. The van der Waals surface area contributed by atoms with Gasteiger partial charge in [0.15, 0.2) is 5.82 Å². The fourth-order valence-corrected chi connectivity index (χ4v) is 2.88. The third kappa shape index (κ3) is 3.93. The fourth-order valence-electron chi connectivity index (χ4n) is 2.88. The molecule has 1 unspecified atom stereocenters. The second kappa shape index (κ2) is 7.56. The van der Waals surface area contributed by atoms with Crippen LogP contribution in [0.3, 0.4) is 0 Å². The second-order valence-corrected chi connectivity index (χ2v) is 5.87. The number of methoxy groups -OCH3 is 1. The molecular formula is C16H21FN6O2. The van der Waals surface area contributed by atoms with Crippen molar-refractivity contribution >= 4 is 11.9 Å². The van der Waals surface area contributed by atoms with E-state index < -0.39 is 5.82 Å². The van der Waals surface area contributed by atoms with Crippen molar-refractivity contribution in [1.29, 1.82) is 0 Å². The number of hydrogen-bond donors (Lipinski definition) is 1. The van der Waals surface area contributed by atoms with E-state index in [0.29, 0.717) is 32.2 Å². The Morgan fingerprint density at radius 3 is 2.88 bits per heavy atom. The number of aromatic nitrogens is 4. The first-order chi connectivity index (χ1) is 12.1. The van der Waals surface area contributed by atoms with Crippen molar-refractivity contribution < 1.29 is 13.9 Å². The van der Waals surface area contributed by atoms with Crippen LogP contribution in [0.4, 0.5) is 10.3 Å². The molecule has 9 heteroatoms. The predicted octanol–water partition coefficient (Wildman–Crippen LogP) is 0.698. The SMILES string of the molecule is COCCNC(=O)Cc1cn2c(n1)C(C)N(c1ncc(F)cn1)CC2. The van der Waals surface area contributed by atoms with Gasteiger partial charge in [0.1, 0.15) is 5.82 Å². The van der Waals surface area contributed by atoms with Gasteiger partial charge in [0.25, 0.3) is 0 Å². The number of imidazole rings is 1. The van der Waals surface area contributed by atoms with Crippen LogP contribution < -0.4 is 10.2 Å². The summed E-state index contributed by atoms with van der Waals surface area (Å²) >= 11 is 0. The Kier molecular flexibility index (Phi) is 5.22. The summed E-state index contributed by atoms with van der Waals surface area (Å²) in [5.41, 5.74) is 0.721. The molecule has 0 spiro atoms. The molecule has 0 saturated carbocycles. The Balaban J connectivity index is 1.69. The normalized spacial score (nSPS) is 16.6. The lowest BCUT2D eigenvalue weighted by Crippen LogP contribution is -2.38. The Morgan fingerprint density at radius 2 is 2.16 bits per heavy atom. The van der Waals surface area contributed by atoms with E-state index >= 15 is 0 Å². The number of fused-ring (bicyclic) bond motifs is 1. The number of hydrogen-bond acceptors (Lipinski definition) is 6. The maximum Gasteiger partial charge on any atom is 0.226 e. The Morgan fingerprint density at radius 1 is 1.40 bits per heavy atom. The smallest absolute Gasteiger partial charge is 0.226 e. The molecule has 8 nitrogen and oxygen atoms in total. The third-order valence-corrected chi connectivity index (χ3v) is 4.11. The molecule has 0 aliphatic carbocycles. The van der Waals surface area contributed by atoms with Gasteiger partial charge in [-0.3, -0.25) is 4.79 Å². The zero-order chi connectivity index (χ0) is 17.8. The van der Waals surface area contributed by atoms with Crippen LogP contribution in [0.5, 0.6) is 0 Å². The number of nitrogens with one attached hydrogen (secondary N) is 1. The van der Waals surface area contributed by atoms with E-state index in [9.17, 15) is 9.18 Å². The largest absolute Gasteiger partial charge is 0.383 e. The van der Waals surface area contributed by atoms with Gasteiger partial charge < -0.3 is 19.5 Å². The lowest BCUT2D eigenvalue weighted by Gasteiger charge is -2.33. The highest BCUT2D eigenvalue weighted by Crippen LogP contribution is 2.27. The zero-order valence-corrected chi connectivity index (χ0v) is 14.3. The van der Waals surface area contributed by atoms with Crippen LogP contribution in [-0.2, 0) is 22.5 Å². The molecule has 3 heterocycles. The van der Waals surface area contributed by atoms with E-state index in [1.807, 2.05) is 22.6 Å². The van der Waals surface area contributed by atoms with Crippen LogP contribution in [0, 0.1) is 5.82 Å². The molecule has 134 valence electrons. The highest BCUT2D eigenvalue weighted by molar-refractivity contribution is 5.78. The molecule has 0 fully saturated rings. The average molecular weight is 348 g/mol. The van der Waals surface area contributed by atoms with Gasteiger partial charge in [-0.25, -0.2) is 19.3 Å². The first-order valence-electron chi connectivity index (χ1n) is 8.14. The Labute approximate surface area is 145 Å². The number of halogens is 1. The molecule has 0 radical (unpaired) electrons. The fraction of sp³-hybridized carbons (Fsp3) is 0.500. The van der Waals surface area contributed by atoms with E-state index in [4.69, 9.17) is 4.74 Å². The summed E-state index contributed by atoms with van der Waals surface area (Å²) in [7, 11) is 1.59. The second-order valence-electron chi connectivity index (χ2n) is 5.87. The minimum absolute atomic E-state index is 0.0653. The number of ether oxygens (including phenoxy) is 1. The summed E-state index contributed by atoms with van der Waals surface area (Å²) < 4.78 is 20.0. The molecule has 25 heavy (non-hydrogen) atoms. The van der Waals surface area contributed by atoms with Gasteiger partial charge in [-0.2, -0.15) is 0 Å². The summed E-state index contributed by atoms with van der Waals surface area (Å²) in [6, 6.07) is -0.0653. The van der Waals surface area contributed by atoms with Crippen LogP contribution in [0.2, 0.25) is 0 Å². The van der Waals surface area contributed by atoms with Gasteiger partial charge in [-0.05, 0) is 6.92 Å². The van der Waals surface area contributed by atoms with Crippen molar-refractivity contribution in [3.8, 4) is 0 Å². The molecule has 1 aliphatic heterocycles. The van der Waals surface area contributed by atoms with Gasteiger partial charge in [-0.1, -0.05) is 0 Å². The Bertz CT molecular complexity index is 733. The third-order valence-electron chi connectivity index (χ3n) is 4.11. The highest BCUT2D eigenvalue weighted by Gasteiger charge is 2.28. The van der Waals surface area contributed by atoms with Crippen molar-refractivity contribution in [2.24, 2.45) is 0 Å². The quantitative estimate of drug-likeness (QED) is 0.774. The molecule has 2 aromatic rings. The van der Waals surface area contributed by atoms with Crippen LogP contribution in [0.25, 0.3) is 0 Å². The van der Waals surface area contributed by atoms with E-state index in [0.717, 1.165) is 23.9 Å². The monoisotopic (exact) mass is 348 g/mol. The zero-order valence-electron chi connectivity index (χ0n) is 14.3. The van der Waals surface area contributed by atoms with Crippen molar-refractivity contribution in [3.63, 3.8) is 0 Å². The van der Waals surface area contributed by atoms with E-state index in [1.54, 1.807) is 7.11 Å². The number of amides is 1. The Hall–Kier alpha value is -2.55. The lowest BCUT2D eigenvalue weighted by atomic mass is 10.2. The molecule has 1 atom stereocenters. The van der Waals surface area contributed by atoms with Gasteiger partial charge in [0.05, 0.1) is 37.2 Å². The van der Waals surface area contributed by atoms with Crippen LogP contribution in [0.1, 0.15) is 24.5 Å². The molecule has 2 aromatic heterocycles. The minimum Gasteiger partial charge on any atom is -0.383 e. The average Bonchev–Trinajstić information content (AvgIpc) is 3.00. The number of anilines is 1. The summed E-state index contributed by atoms with van der Waals surface area (Å²) in [5.74, 6) is 0.774. The van der Waals surface area contributed by atoms with E-state index in [2.05, 4.69) is 20.3 Å². The molecule has 0 aromatic carbocycles. The first kappa shape index (κ1) is 17.3. The molecule has 0 saturated heterocycles. The topological polar surface area (TPSA) is 85.2 Å². The van der Waals surface area contributed by atoms with E-state index in [-0.39, 0.29) is 18.4 Å². The highest BCUT2D eigenvalue weighted by atomic mass is 19.1. The van der Waals surface area contributed by atoms with Gasteiger partial charge >= 0.3 is 0 Å². The maximum atomic E-state index is 13.0. The summed E-state index contributed by atoms with van der Waals surface area (Å²) in [6.07, 6.45) is 4.45. The summed E-state index contributed by atoms with van der Waals surface area (Å²) in [4.78, 5) is 26.6. The van der Waals surface area contributed by atoms with E-state index in [1.165, 1.54) is 0 Å². The lowest BCUT2D eigenvalue weighted by molar-refractivity contribution is -0.120. The van der Waals surface area contributed by atoms with Crippen LogP contribution in [-0.4, -0.2) is 52.2 Å². The van der Waals surface area contributed by atoms with Crippen molar-refractivity contribution in [2.45, 2.75) is 25.9 Å². The number of rotatable bonds is 6. The maximum absolute atomic E-state index is 13.0. The molecule has 1 N–H and O–H groups in total. The molecule has 0 bridgehead atoms. The minimum atomic E-state index is -0.461. The summed E-state index contributed by atoms with van der Waals surface area (Å²) in [5, 5.41) is 2.78. The molecular weight excluding hydrogens is 327 g/mol. The number of carbonyl (C=O) groups is 1. The van der Waals surface area contributed by atoms with Gasteiger partial charge in [0.2, 0.25) is 11.9 Å². The number of carbonyl (C=O) groups excluding carboxylic acids is 1. The molecule has 1 aliphatic rings. The van der Waals surface area contributed by atoms with Crippen LogP contribution in [0.15, 0.2) is 18.6 Å². The summed E-state index contributed by atoms with van der Waals surface area (Å²) in [6.45, 7) is 4.35.